The van der Waals surface area contributed by atoms with Crippen molar-refractivity contribution in [2.75, 3.05) is 23.3 Å². The van der Waals surface area contributed by atoms with Crippen molar-refractivity contribution in [3.05, 3.63) is 23.8 Å². The van der Waals surface area contributed by atoms with E-state index in [2.05, 4.69) is 5.32 Å². The molecule has 0 aliphatic carbocycles. The standard InChI is InChI=1S/C12H15F3N2/c1-8(2)17-7-6-16-10-5-3-4-9(11(10)17)12(13,14)15/h3-5,8,16H,6-7H2,1-2H3. The van der Waals surface area contributed by atoms with Gasteiger partial charge in [0.15, 0.2) is 0 Å². The highest BCUT2D eigenvalue weighted by atomic mass is 19.4. The van der Waals surface area contributed by atoms with Crippen molar-refractivity contribution in [1.82, 2.24) is 0 Å². The average Bonchev–Trinajstić information content (AvgIpc) is 2.26. The summed E-state index contributed by atoms with van der Waals surface area (Å²) in [5.41, 5.74) is 0.289. The fourth-order valence-corrected chi connectivity index (χ4v) is 2.16. The molecular weight excluding hydrogens is 229 g/mol. The highest BCUT2D eigenvalue weighted by Crippen LogP contribution is 2.42. The number of para-hydroxylation sites is 1. The molecule has 0 aromatic heterocycles. The maximum atomic E-state index is 13.0. The van der Waals surface area contributed by atoms with E-state index in [1.54, 1.807) is 11.0 Å². The van der Waals surface area contributed by atoms with Gasteiger partial charge < -0.3 is 10.2 Å². The number of alkyl halides is 3. The first-order valence-electron chi connectivity index (χ1n) is 5.62. The normalized spacial score (nSPS) is 15.8. The predicted octanol–water partition coefficient (Wildman–Crippen LogP) is 3.35. The molecule has 2 nitrogen and oxygen atoms in total. The highest BCUT2D eigenvalue weighted by molar-refractivity contribution is 5.76. The third-order valence-electron chi connectivity index (χ3n) is 2.92. The Hall–Kier alpha value is -1.39. The Labute approximate surface area is 98.4 Å². The maximum Gasteiger partial charge on any atom is 0.418 e. The van der Waals surface area contributed by atoms with Crippen LogP contribution in [0.3, 0.4) is 0 Å². The van der Waals surface area contributed by atoms with Gasteiger partial charge in [0.25, 0.3) is 0 Å². The van der Waals surface area contributed by atoms with Crippen LogP contribution in [0.2, 0.25) is 0 Å². The molecule has 94 valence electrons. The maximum absolute atomic E-state index is 13.0. The zero-order valence-electron chi connectivity index (χ0n) is 9.80. The first kappa shape index (κ1) is 12.1. The van der Waals surface area contributed by atoms with Crippen LogP contribution in [0.15, 0.2) is 18.2 Å². The number of hydrogen-bond acceptors (Lipinski definition) is 2. The first-order chi connectivity index (χ1) is 7.91. The van der Waals surface area contributed by atoms with Crippen LogP contribution in [0.5, 0.6) is 0 Å². The molecule has 1 aromatic rings. The van der Waals surface area contributed by atoms with Crippen molar-refractivity contribution < 1.29 is 13.2 Å². The van der Waals surface area contributed by atoms with Crippen LogP contribution >= 0.6 is 0 Å². The fraction of sp³-hybridized carbons (Fsp3) is 0.500. The Morgan fingerprint density at radius 2 is 2.00 bits per heavy atom. The number of nitrogens with zero attached hydrogens (tertiary/aromatic N) is 1. The summed E-state index contributed by atoms with van der Waals surface area (Å²) >= 11 is 0. The Morgan fingerprint density at radius 1 is 1.29 bits per heavy atom. The number of halogens is 3. The van der Waals surface area contributed by atoms with Gasteiger partial charge >= 0.3 is 6.18 Å². The molecule has 0 spiro atoms. The molecule has 0 bridgehead atoms. The third-order valence-corrected chi connectivity index (χ3v) is 2.92. The predicted molar refractivity (Wildman–Crippen MR) is 62.4 cm³/mol. The van der Waals surface area contributed by atoms with E-state index in [0.29, 0.717) is 18.8 Å². The summed E-state index contributed by atoms with van der Waals surface area (Å²) in [6.07, 6.45) is -4.31. The smallest absolute Gasteiger partial charge is 0.382 e. The molecule has 1 aromatic carbocycles. The lowest BCUT2D eigenvalue weighted by atomic mass is 10.1. The molecule has 1 N–H and O–H groups in total. The number of nitrogens with one attached hydrogen (secondary N) is 1. The summed E-state index contributed by atoms with van der Waals surface area (Å²) in [6.45, 7) is 5.08. The number of hydrogen-bond donors (Lipinski definition) is 1. The second-order valence-electron chi connectivity index (χ2n) is 4.41. The van der Waals surface area contributed by atoms with Gasteiger partial charge in [-0.2, -0.15) is 13.2 Å². The monoisotopic (exact) mass is 244 g/mol. The highest BCUT2D eigenvalue weighted by Gasteiger charge is 2.37. The summed E-state index contributed by atoms with van der Waals surface area (Å²) in [5, 5.41) is 3.02. The summed E-state index contributed by atoms with van der Waals surface area (Å²) < 4.78 is 38.9. The minimum atomic E-state index is -4.31. The van der Waals surface area contributed by atoms with Crippen molar-refractivity contribution >= 4 is 11.4 Å². The van der Waals surface area contributed by atoms with Gasteiger partial charge in [-0.3, -0.25) is 0 Å². The summed E-state index contributed by atoms with van der Waals surface area (Å²) in [4.78, 5) is 1.80. The molecule has 0 unspecified atom stereocenters. The van der Waals surface area contributed by atoms with E-state index in [0.717, 1.165) is 6.07 Å². The summed E-state index contributed by atoms with van der Waals surface area (Å²) in [5.74, 6) is 0. The molecule has 1 aliphatic rings. The third kappa shape index (κ3) is 2.18. The molecular formula is C12H15F3N2. The fourth-order valence-electron chi connectivity index (χ4n) is 2.16. The number of rotatable bonds is 1. The van der Waals surface area contributed by atoms with Crippen molar-refractivity contribution in [3.63, 3.8) is 0 Å². The van der Waals surface area contributed by atoms with Crippen molar-refractivity contribution in [3.8, 4) is 0 Å². The second kappa shape index (κ2) is 4.13. The number of benzene rings is 1. The molecule has 5 heteroatoms. The first-order valence-corrected chi connectivity index (χ1v) is 5.62. The summed E-state index contributed by atoms with van der Waals surface area (Å²) in [6, 6.07) is 4.33. The minimum Gasteiger partial charge on any atom is -0.382 e. The van der Waals surface area contributed by atoms with Crippen LogP contribution in [0.25, 0.3) is 0 Å². The lowest BCUT2D eigenvalue weighted by Crippen LogP contribution is -2.40. The van der Waals surface area contributed by atoms with E-state index >= 15 is 0 Å². The van der Waals surface area contributed by atoms with E-state index in [1.165, 1.54) is 6.07 Å². The zero-order chi connectivity index (χ0) is 12.6. The van der Waals surface area contributed by atoms with Gasteiger partial charge in [0.1, 0.15) is 0 Å². The van der Waals surface area contributed by atoms with E-state index in [4.69, 9.17) is 0 Å². The van der Waals surface area contributed by atoms with Crippen molar-refractivity contribution in [2.45, 2.75) is 26.1 Å². The quantitative estimate of drug-likeness (QED) is 0.815. The minimum absolute atomic E-state index is 0.0550. The Bertz CT molecular complexity index is 413. The molecule has 0 amide bonds. The van der Waals surface area contributed by atoms with Gasteiger partial charge in [-0.15, -0.1) is 0 Å². The van der Waals surface area contributed by atoms with Crippen LogP contribution in [-0.4, -0.2) is 19.1 Å². The Balaban J connectivity index is 2.57. The lowest BCUT2D eigenvalue weighted by molar-refractivity contribution is -0.137. The zero-order valence-corrected chi connectivity index (χ0v) is 9.80. The van der Waals surface area contributed by atoms with Crippen LogP contribution < -0.4 is 10.2 Å². The van der Waals surface area contributed by atoms with Gasteiger partial charge in [-0.1, -0.05) is 6.07 Å². The van der Waals surface area contributed by atoms with E-state index in [9.17, 15) is 13.2 Å². The largest absolute Gasteiger partial charge is 0.418 e. The van der Waals surface area contributed by atoms with Gasteiger partial charge in [-0.05, 0) is 26.0 Å². The Morgan fingerprint density at radius 3 is 2.59 bits per heavy atom. The molecule has 0 saturated heterocycles. The number of fused-ring (bicyclic) bond motifs is 1. The average molecular weight is 244 g/mol. The topological polar surface area (TPSA) is 15.3 Å². The summed E-state index contributed by atoms with van der Waals surface area (Å²) in [7, 11) is 0. The molecule has 17 heavy (non-hydrogen) atoms. The lowest BCUT2D eigenvalue weighted by Gasteiger charge is -2.37. The Kier molecular flexibility index (Phi) is 2.93. The van der Waals surface area contributed by atoms with E-state index in [1.807, 2.05) is 13.8 Å². The van der Waals surface area contributed by atoms with Crippen LogP contribution in [0.1, 0.15) is 19.4 Å². The molecule has 0 radical (unpaired) electrons. The van der Waals surface area contributed by atoms with E-state index < -0.39 is 11.7 Å². The van der Waals surface area contributed by atoms with Crippen LogP contribution in [0, 0.1) is 0 Å². The van der Waals surface area contributed by atoms with Gasteiger partial charge in [0, 0.05) is 19.1 Å². The molecule has 0 fully saturated rings. The van der Waals surface area contributed by atoms with Crippen LogP contribution in [0.4, 0.5) is 24.5 Å². The molecule has 1 aliphatic heterocycles. The SMILES string of the molecule is CC(C)N1CCNc2cccc(C(F)(F)F)c21. The second-order valence-corrected chi connectivity index (χ2v) is 4.41. The van der Waals surface area contributed by atoms with Gasteiger partial charge in [-0.25, -0.2) is 0 Å². The van der Waals surface area contributed by atoms with Crippen LogP contribution in [-0.2, 0) is 6.18 Å². The van der Waals surface area contributed by atoms with Gasteiger partial charge in [0.05, 0.1) is 16.9 Å². The van der Waals surface area contributed by atoms with Crippen molar-refractivity contribution in [1.29, 1.82) is 0 Å². The van der Waals surface area contributed by atoms with E-state index in [-0.39, 0.29) is 11.7 Å². The molecule has 1 heterocycles. The molecule has 0 saturated carbocycles. The van der Waals surface area contributed by atoms with Gasteiger partial charge in [0.2, 0.25) is 0 Å². The molecule has 0 atom stereocenters. The van der Waals surface area contributed by atoms with Crippen molar-refractivity contribution in [2.24, 2.45) is 0 Å². The molecule has 2 rings (SSSR count). The number of anilines is 2.